The standard InChI is InChI=1S/C71H123N2O7P/c1-7-10-13-16-19-22-25-27-29-31-32-33-34-35-36-37-38-39-40-42-44-46-49-52-55-58-61-64-71(75)80-69(62-59-56-53-50-47-24-21-18-15-12-9-3)68(67-79-81(76,77)78-66-65-73(4,5)6)72-70(74)63-60-57-54-51-48-45-43-41-30-28-26-23-20-17-14-11-8-2/h10,13,19-20,22-23,27-30,32-33,35-36,43,45,51,54,59,62,68-69H,7-9,11-12,14-18,21,24-26,31,34,37-42,44,46-50,52-53,55-58,60-61,63-67H2,1-6H3,(H-,72,74,76,77)/p+1/b13-10-,22-19-,23-20-,29-27-,30-28-,33-32-,36-35-,45-43-,54-51-,62-59-. The molecule has 0 rings (SSSR count). The van der Waals surface area contributed by atoms with Crippen LogP contribution in [0.1, 0.15) is 265 Å². The Morgan fingerprint density at radius 3 is 1.23 bits per heavy atom. The fourth-order valence-corrected chi connectivity index (χ4v) is 9.58. The number of allylic oxidation sites excluding steroid dienone is 19. The minimum atomic E-state index is -4.47. The Bertz CT molecular complexity index is 1800. The van der Waals surface area contributed by atoms with Crippen LogP contribution >= 0.6 is 7.82 Å². The van der Waals surface area contributed by atoms with Crippen molar-refractivity contribution < 1.29 is 37.3 Å². The van der Waals surface area contributed by atoms with Crippen molar-refractivity contribution in [3.8, 4) is 0 Å². The van der Waals surface area contributed by atoms with Gasteiger partial charge in [-0.3, -0.25) is 18.6 Å². The highest BCUT2D eigenvalue weighted by Crippen LogP contribution is 2.43. The van der Waals surface area contributed by atoms with E-state index in [4.69, 9.17) is 13.8 Å². The molecule has 2 N–H and O–H groups in total. The maximum atomic E-state index is 13.5. The quantitative estimate of drug-likeness (QED) is 0.0205. The number of nitrogens with one attached hydrogen (secondary N) is 1. The molecule has 0 aromatic carbocycles. The summed E-state index contributed by atoms with van der Waals surface area (Å²) in [5, 5.41) is 3.02. The Morgan fingerprint density at radius 2 is 0.802 bits per heavy atom. The molecule has 0 heterocycles. The number of rotatable bonds is 58. The van der Waals surface area contributed by atoms with Crippen molar-refractivity contribution in [2.45, 2.75) is 277 Å². The lowest BCUT2D eigenvalue weighted by molar-refractivity contribution is -0.870. The SMILES string of the molecule is CC/C=C\C/C=C\C/C=C\C/C=C\C/C=C\CCCCCCCCCCCCCC(=O)OC(/C=C\CCCCCCCCCCC)C(COP(=O)(O)OCC[N+](C)(C)C)NC(=O)CCC/C=C\C/C=C\C/C=C\C/C=C\CCCCC. The molecule has 0 spiro atoms. The minimum Gasteiger partial charge on any atom is -0.456 e. The van der Waals surface area contributed by atoms with Crippen molar-refractivity contribution >= 4 is 19.7 Å². The maximum absolute atomic E-state index is 13.5. The molecular weight excluding hydrogens is 1020 g/mol. The van der Waals surface area contributed by atoms with Gasteiger partial charge in [0.25, 0.3) is 0 Å². The first kappa shape index (κ1) is 77.4. The molecule has 3 unspecified atom stereocenters. The first-order valence-corrected chi connectivity index (χ1v) is 34.4. The molecule has 0 aliphatic rings. The second-order valence-corrected chi connectivity index (χ2v) is 24.4. The lowest BCUT2D eigenvalue weighted by Crippen LogP contribution is -2.47. The number of hydrogen-bond donors (Lipinski definition) is 2. The van der Waals surface area contributed by atoms with Crippen LogP contribution in [0.3, 0.4) is 0 Å². The topological polar surface area (TPSA) is 111 Å². The predicted octanol–water partition coefficient (Wildman–Crippen LogP) is 20.7. The molecule has 0 saturated carbocycles. The maximum Gasteiger partial charge on any atom is 0.472 e. The monoisotopic (exact) mass is 1150 g/mol. The van der Waals surface area contributed by atoms with E-state index in [0.29, 0.717) is 17.4 Å². The number of hydrogen-bond acceptors (Lipinski definition) is 6. The van der Waals surface area contributed by atoms with Gasteiger partial charge in [-0.05, 0) is 115 Å². The molecule has 0 aliphatic carbocycles. The summed E-state index contributed by atoms with van der Waals surface area (Å²) >= 11 is 0. The second kappa shape index (κ2) is 59.6. The highest BCUT2D eigenvalue weighted by atomic mass is 31.2. The minimum absolute atomic E-state index is 0.0241. The number of carbonyl (C=O) groups is 2. The zero-order valence-electron chi connectivity index (χ0n) is 53.0. The van der Waals surface area contributed by atoms with Crippen LogP contribution in [0.2, 0.25) is 0 Å². The molecule has 81 heavy (non-hydrogen) atoms. The fourth-order valence-electron chi connectivity index (χ4n) is 8.84. The Balaban J connectivity index is 5.15. The Morgan fingerprint density at radius 1 is 0.444 bits per heavy atom. The summed E-state index contributed by atoms with van der Waals surface area (Å²) < 4.78 is 30.7. The van der Waals surface area contributed by atoms with E-state index >= 15 is 0 Å². The van der Waals surface area contributed by atoms with Crippen molar-refractivity contribution in [3.63, 3.8) is 0 Å². The summed E-state index contributed by atoms with van der Waals surface area (Å²) in [6, 6.07) is -0.885. The number of carbonyl (C=O) groups excluding carboxylic acids is 2. The zero-order valence-corrected chi connectivity index (χ0v) is 53.9. The van der Waals surface area contributed by atoms with Crippen LogP contribution in [0.5, 0.6) is 0 Å². The van der Waals surface area contributed by atoms with Gasteiger partial charge in [-0.25, -0.2) is 4.57 Å². The number of phosphoric ester groups is 1. The molecule has 0 saturated heterocycles. The smallest absolute Gasteiger partial charge is 0.456 e. The molecule has 0 bridgehead atoms. The first-order chi connectivity index (χ1) is 39.4. The largest absolute Gasteiger partial charge is 0.472 e. The van der Waals surface area contributed by atoms with Gasteiger partial charge in [0.2, 0.25) is 5.91 Å². The zero-order chi connectivity index (χ0) is 59.3. The Kier molecular flexibility index (Phi) is 56.9. The lowest BCUT2D eigenvalue weighted by Gasteiger charge is -2.27. The number of likely N-dealkylation sites (N-methyl/N-ethyl adjacent to an activating group) is 1. The van der Waals surface area contributed by atoms with Gasteiger partial charge in [-0.15, -0.1) is 0 Å². The molecule has 10 heteroatoms. The number of amides is 1. The van der Waals surface area contributed by atoms with Crippen LogP contribution in [0, 0.1) is 0 Å². The fraction of sp³-hybridized carbons (Fsp3) is 0.690. The molecule has 0 aromatic rings. The van der Waals surface area contributed by atoms with Crippen LogP contribution in [-0.4, -0.2) is 74.3 Å². The summed E-state index contributed by atoms with van der Waals surface area (Å²) in [4.78, 5) is 37.7. The second-order valence-electron chi connectivity index (χ2n) is 22.9. The normalized spacial score (nSPS) is 14.4. The van der Waals surface area contributed by atoms with Gasteiger partial charge in [0.15, 0.2) is 0 Å². The van der Waals surface area contributed by atoms with E-state index in [-0.39, 0.29) is 37.9 Å². The lowest BCUT2D eigenvalue weighted by atomic mass is 10.0. The van der Waals surface area contributed by atoms with Gasteiger partial charge in [0.1, 0.15) is 19.3 Å². The Hall–Kier alpha value is -3.59. The van der Waals surface area contributed by atoms with Crippen LogP contribution in [0.15, 0.2) is 122 Å². The predicted molar refractivity (Wildman–Crippen MR) is 350 cm³/mol. The van der Waals surface area contributed by atoms with Gasteiger partial charge in [0.05, 0.1) is 33.8 Å². The van der Waals surface area contributed by atoms with E-state index in [1.165, 1.54) is 116 Å². The molecule has 0 aromatic heterocycles. The summed E-state index contributed by atoms with van der Waals surface area (Å²) in [6.07, 6.45) is 83.6. The summed E-state index contributed by atoms with van der Waals surface area (Å²) in [7, 11) is 1.45. The van der Waals surface area contributed by atoms with Crippen molar-refractivity contribution in [1.82, 2.24) is 5.32 Å². The number of esters is 1. The van der Waals surface area contributed by atoms with Gasteiger partial charge < -0.3 is 19.4 Å². The average Bonchev–Trinajstić information content (AvgIpc) is 3.44. The molecule has 0 radical (unpaired) electrons. The summed E-state index contributed by atoms with van der Waals surface area (Å²) in [5.41, 5.74) is 0. The Labute approximate surface area is 499 Å². The highest BCUT2D eigenvalue weighted by Gasteiger charge is 2.30. The molecule has 3 atom stereocenters. The molecule has 464 valence electrons. The molecule has 1 amide bonds. The van der Waals surface area contributed by atoms with Gasteiger partial charge in [0, 0.05) is 12.8 Å². The third-order valence-electron chi connectivity index (χ3n) is 13.9. The molecule has 0 fully saturated rings. The van der Waals surface area contributed by atoms with Crippen LogP contribution in [0.4, 0.5) is 0 Å². The van der Waals surface area contributed by atoms with E-state index < -0.39 is 20.0 Å². The number of unbranched alkanes of at least 4 members (excludes halogenated alkanes) is 24. The van der Waals surface area contributed by atoms with Crippen molar-refractivity contribution in [3.05, 3.63) is 122 Å². The number of phosphoric acid groups is 1. The van der Waals surface area contributed by atoms with Crippen LogP contribution in [-0.2, 0) is 27.9 Å². The molecule has 0 aliphatic heterocycles. The van der Waals surface area contributed by atoms with Crippen molar-refractivity contribution in [2.75, 3.05) is 40.9 Å². The third kappa shape index (κ3) is 60.8. The van der Waals surface area contributed by atoms with E-state index in [0.717, 1.165) is 109 Å². The van der Waals surface area contributed by atoms with Crippen molar-refractivity contribution in [1.29, 1.82) is 0 Å². The van der Waals surface area contributed by atoms with Gasteiger partial charge >= 0.3 is 13.8 Å². The number of quaternary nitrogens is 1. The van der Waals surface area contributed by atoms with Crippen molar-refractivity contribution in [2.24, 2.45) is 0 Å². The summed E-state index contributed by atoms with van der Waals surface area (Å²) in [5.74, 6) is -0.580. The number of nitrogens with zero attached hydrogens (tertiary/aromatic N) is 1. The summed E-state index contributed by atoms with van der Waals surface area (Å²) in [6.45, 7) is 6.81. The number of ether oxygens (including phenoxy) is 1. The average molecular weight is 1150 g/mol. The molecular formula is C71H124N2O7P+. The van der Waals surface area contributed by atoms with Gasteiger partial charge in [-0.2, -0.15) is 0 Å². The van der Waals surface area contributed by atoms with Gasteiger partial charge in [-0.1, -0.05) is 258 Å². The molecule has 9 nitrogen and oxygen atoms in total. The van der Waals surface area contributed by atoms with E-state index in [9.17, 15) is 19.0 Å². The van der Waals surface area contributed by atoms with E-state index in [1.807, 2.05) is 33.3 Å². The van der Waals surface area contributed by atoms with Crippen LogP contribution < -0.4 is 5.32 Å². The van der Waals surface area contributed by atoms with Crippen LogP contribution in [0.25, 0.3) is 0 Å². The highest BCUT2D eigenvalue weighted by molar-refractivity contribution is 7.47. The first-order valence-electron chi connectivity index (χ1n) is 32.9. The van der Waals surface area contributed by atoms with E-state index in [1.54, 1.807) is 0 Å². The third-order valence-corrected chi connectivity index (χ3v) is 14.9. The van der Waals surface area contributed by atoms with E-state index in [2.05, 4.69) is 135 Å².